The molecule has 112 valence electrons. The maximum atomic E-state index is 13.6. The van der Waals surface area contributed by atoms with E-state index in [1.807, 2.05) is 6.07 Å². The second-order valence-electron chi connectivity index (χ2n) is 5.38. The molecule has 1 aromatic rings. The Morgan fingerprint density at radius 1 is 1.48 bits per heavy atom. The number of nitriles is 1. The summed E-state index contributed by atoms with van der Waals surface area (Å²) in [6.45, 7) is -0.0951. The van der Waals surface area contributed by atoms with E-state index in [0.29, 0.717) is 25.7 Å². The lowest BCUT2D eigenvalue weighted by molar-refractivity contribution is -0.145. The van der Waals surface area contributed by atoms with Crippen molar-refractivity contribution in [2.45, 2.75) is 31.3 Å². The van der Waals surface area contributed by atoms with Crippen LogP contribution in [-0.4, -0.2) is 28.4 Å². The SMILES string of the molecule is N#Cc1ccc(OCC2(O)CCC(C(=O)O)CC2)c(F)c1. The maximum absolute atomic E-state index is 13.6. The van der Waals surface area contributed by atoms with E-state index >= 15 is 0 Å². The van der Waals surface area contributed by atoms with Crippen LogP contribution in [0, 0.1) is 23.1 Å². The van der Waals surface area contributed by atoms with Gasteiger partial charge in [0.05, 0.1) is 23.2 Å². The number of hydrogen-bond donors (Lipinski definition) is 2. The smallest absolute Gasteiger partial charge is 0.306 e. The molecule has 0 bridgehead atoms. The van der Waals surface area contributed by atoms with E-state index in [1.165, 1.54) is 12.1 Å². The normalized spacial score (nSPS) is 25.1. The fourth-order valence-corrected chi connectivity index (χ4v) is 2.45. The van der Waals surface area contributed by atoms with Gasteiger partial charge in [0.15, 0.2) is 11.6 Å². The van der Waals surface area contributed by atoms with Crippen molar-refractivity contribution in [3.8, 4) is 11.8 Å². The number of ether oxygens (including phenoxy) is 1. The predicted octanol–water partition coefficient (Wildman–Crippen LogP) is 2.08. The molecule has 0 spiro atoms. The number of benzene rings is 1. The van der Waals surface area contributed by atoms with Gasteiger partial charge in [-0.25, -0.2) is 4.39 Å². The third kappa shape index (κ3) is 3.70. The Kier molecular flexibility index (Phi) is 4.43. The lowest BCUT2D eigenvalue weighted by Gasteiger charge is -2.34. The van der Waals surface area contributed by atoms with Crippen molar-refractivity contribution < 1.29 is 24.1 Å². The zero-order valence-electron chi connectivity index (χ0n) is 11.4. The highest BCUT2D eigenvalue weighted by atomic mass is 19.1. The van der Waals surface area contributed by atoms with Crippen LogP contribution in [0.5, 0.6) is 5.75 Å². The Hall–Kier alpha value is -2.13. The van der Waals surface area contributed by atoms with Crippen LogP contribution in [0.2, 0.25) is 0 Å². The van der Waals surface area contributed by atoms with Gasteiger partial charge in [-0.2, -0.15) is 5.26 Å². The van der Waals surface area contributed by atoms with Crippen molar-refractivity contribution in [1.82, 2.24) is 0 Å². The monoisotopic (exact) mass is 293 g/mol. The van der Waals surface area contributed by atoms with Crippen molar-refractivity contribution in [3.63, 3.8) is 0 Å². The number of carboxylic acid groups (broad SMARTS) is 1. The zero-order valence-corrected chi connectivity index (χ0v) is 11.4. The average Bonchev–Trinajstić information content (AvgIpc) is 2.46. The molecule has 2 N–H and O–H groups in total. The van der Waals surface area contributed by atoms with E-state index in [9.17, 15) is 14.3 Å². The van der Waals surface area contributed by atoms with E-state index in [-0.39, 0.29) is 17.9 Å². The first-order valence-corrected chi connectivity index (χ1v) is 6.71. The first-order valence-electron chi connectivity index (χ1n) is 6.71. The first kappa shape index (κ1) is 15.3. The van der Waals surface area contributed by atoms with Crippen LogP contribution in [0.4, 0.5) is 4.39 Å². The highest BCUT2D eigenvalue weighted by Gasteiger charge is 2.36. The topological polar surface area (TPSA) is 90.5 Å². The van der Waals surface area contributed by atoms with E-state index in [4.69, 9.17) is 15.1 Å². The third-order valence-electron chi connectivity index (χ3n) is 3.82. The van der Waals surface area contributed by atoms with Crippen molar-refractivity contribution in [2.24, 2.45) is 5.92 Å². The molecule has 21 heavy (non-hydrogen) atoms. The van der Waals surface area contributed by atoms with Crippen LogP contribution in [0.25, 0.3) is 0 Å². The summed E-state index contributed by atoms with van der Waals surface area (Å²) in [6, 6.07) is 5.67. The summed E-state index contributed by atoms with van der Waals surface area (Å²) in [5.74, 6) is -1.97. The van der Waals surface area contributed by atoms with Crippen LogP contribution in [0.15, 0.2) is 18.2 Å². The molecule has 0 aliphatic heterocycles. The number of rotatable bonds is 4. The molecule has 1 saturated carbocycles. The van der Waals surface area contributed by atoms with Crippen LogP contribution < -0.4 is 4.74 Å². The van der Waals surface area contributed by atoms with Crippen molar-refractivity contribution >= 4 is 5.97 Å². The molecule has 0 aromatic heterocycles. The van der Waals surface area contributed by atoms with Crippen molar-refractivity contribution in [2.75, 3.05) is 6.61 Å². The van der Waals surface area contributed by atoms with Gasteiger partial charge in [-0.1, -0.05) is 0 Å². The number of halogens is 1. The Balaban J connectivity index is 1.94. The molecule has 1 aromatic carbocycles. The minimum Gasteiger partial charge on any atom is -0.488 e. The quantitative estimate of drug-likeness (QED) is 0.887. The second-order valence-corrected chi connectivity index (χ2v) is 5.38. The highest BCUT2D eigenvalue weighted by molar-refractivity contribution is 5.70. The fourth-order valence-electron chi connectivity index (χ4n) is 2.45. The average molecular weight is 293 g/mol. The molecule has 0 amide bonds. The van der Waals surface area contributed by atoms with Gasteiger partial charge in [0.1, 0.15) is 6.61 Å². The summed E-state index contributed by atoms with van der Waals surface area (Å²) < 4.78 is 18.9. The van der Waals surface area contributed by atoms with Gasteiger partial charge >= 0.3 is 5.97 Å². The number of aliphatic hydroxyl groups is 1. The molecule has 0 atom stereocenters. The number of aliphatic carboxylic acids is 1. The summed E-state index contributed by atoms with van der Waals surface area (Å²) in [5, 5.41) is 27.9. The standard InChI is InChI=1S/C15H16FNO4/c16-12-7-10(8-17)1-2-13(12)21-9-15(20)5-3-11(4-6-15)14(18)19/h1-2,7,11,20H,3-6,9H2,(H,18,19). The number of hydrogen-bond acceptors (Lipinski definition) is 4. The molecule has 1 aliphatic rings. The molecule has 2 rings (SSSR count). The summed E-state index contributed by atoms with van der Waals surface area (Å²) in [7, 11) is 0. The molecule has 6 heteroatoms. The summed E-state index contributed by atoms with van der Waals surface area (Å²) in [5.41, 5.74) is -0.938. The highest BCUT2D eigenvalue weighted by Crippen LogP contribution is 2.33. The lowest BCUT2D eigenvalue weighted by atomic mass is 9.79. The van der Waals surface area contributed by atoms with Crippen LogP contribution in [0.1, 0.15) is 31.2 Å². The van der Waals surface area contributed by atoms with Gasteiger partial charge in [0.2, 0.25) is 0 Å². The Morgan fingerprint density at radius 3 is 2.67 bits per heavy atom. The molecule has 0 heterocycles. The molecule has 0 unspecified atom stereocenters. The van der Waals surface area contributed by atoms with E-state index in [1.54, 1.807) is 0 Å². The zero-order chi connectivity index (χ0) is 15.5. The van der Waals surface area contributed by atoms with E-state index in [2.05, 4.69) is 0 Å². The third-order valence-corrected chi connectivity index (χ3v) is 3.82. The van der Waals surface area contributed by atoms with Crippen molar-refractivity contribution in [3.05, 3.63) is 29.6 Å². The van der Waals surface area contributed by atoms with Gasteiger partial charge in [0.25, 0.3) is 0 Å². The van der Waals surface area contributed by atoms with Gasteiger partial charge in [0, 0.05) is 0 Å². The summed E-state index contributed by atoms with van der Waals surface area (Å²) >= 11 is 0. The van der Waals surface area contributed by atoms with Gasteiger partial charge in [-0.05, 0) is 43.9 Å². The number of nitrogens with zero attached hydrogens (tertiary/aromatic N) is 1. The first-order chi connectivity index (χ1) is 9.93. The molecular formula is C15H16FNO4. The molecule has 5 nitrogen and oxygen atoms in total. The van der Waals surface area contributed by atoms with Gasteiger partial charge < -0.3 is 14.9 Å². The Bertz CT molecular complexity index is 574. The molecule has 0 radical (unpaired) electrons. The molecule has 1 fully saturated rings. The predicted molar refractivity (Wildman–Crippen MR) is 71.2 cm³/mol. The van der Waals surface area contributed by atoms with Crippen LogP contribution in [-0.2, 0) is 4.79 Å². The minimum absolute atomic E-state index is 0.0252. The Labute approximate surface area is 121 Å². The summed E-state index contributed by atoms with van der Waals surface area (Å²) in [6.07, 6.45) is 1.37. The number of carbonyl (C=O) groups is 1. The molecule has 0 saturated heterocycles. The second kappa shape index (κ2) is 6.10. The minimum atomic E-state index is -1.13. The molecular weight excluding hydrogens is 277 g/mol. The molecule has 1 aliphatic carbocycles. The van der Waals surface area contributed by atoms with E-state index < -0.39 is 23.3 Å². The van der Waals surface area contributed by atoms with Gasteiger partial charge in [-0.15, -0.1) is 0 Å². The van der Waals surface area contributed by atoms with Crippen LogP contribution in [0.3, 0.4) is 0 Å². The van der Waals surface area contributed by atoms with Crippen molar-refractivity contribution in [1.29, 1.82) is 5.26 Å². The lowest BCUT2D eigenvalue weighted by Crippen LogP contribution is -2.41. The summed E-state index contributed by atoms with van der Waals surface area (Å²) in [4.78, 5) is 10.9. The van der Waals surface area contributed by atoms with E-state index in [0.717, 1.165) is 6.07 Å². The largest absolute Gasteiger partial charge is 0.488 e. The maximum Gasteiger partial charge on any atom is 0.306 e. The number of carboxylic acids is 1. The van der Waals surface area contributed by atoms with Crippen LogP contribution >= 0.6 is 0 Å². The Morgan fingerprint density at radius 2 is 2.14 bits per heavy atom. The van der Waals surface area contributed by atoms with Gasteiger partial charge in [-0.3, -0.25) is 4.79 Å². The fraction of sp³-hybridized carbons (Fsp3) is 0.467.